The van der Waals surface area contributed by atoms with E-state index < -0.39 is 18.0 Å². The van der Waals surface area contributed by atoms with Crippen molar-refractivity contribution in [3.8, 4) is 28.4 Å². The number of carbonyl (C=O) groups excluding carboxylic acids is 1. The normalized spacial score (nSPS) is 13.1. The van der Waals surface area contributed by atoms with E-state index in [1.165, 1.54) is 6.07 Å². The Morgan fingerprint density at radius 3 is 2.70 bits per heavy atom. The highest BCUT2D eigenvalue weighted by atomic mass is 19.4. The van der Waals surface area contributed by atoms with Crippen molar-refractivity contribution in [3.05, 3.63) is 66.6 Å². The van der Waals surface area contributed by atoms with Crippen molar-refractivity contribution in [2.24, 2.45) is 0 Å². The second-order valence-electron chi connectivity index (χ2n) is 6.45. The second-order valence-corrected chi connectivity index (χ2v) is 6.45. The molecule has 0 radical (unpaired) electrons. The molecule has 0 saturated heterocycles. The fraction of sp³-hybridized carbons (Fsp3) is 0.0500. The molecule has 1 amide bonds. The van der Waals surface area contributed by atoms with Gasteiger partial charge in [0.25, 0.3) is 5.91 Å². The molecule has 0 unspecified atom stereocenters. The number of aromatic nitrogens is 3. The fourth-order valence-corrected chi connectivity index (χ4v) is 3.14. The summed E-state index contributed by atoms with van der Waals surface area (Å²) >= 11 is 0. The average Bonchev–Trinajstić information content (AvgIpc) is 3.11. The van der Waals surface area contributed by atoms with Crippen LogP contribution in [0.1, 0.15) is 10.4 Å². The first kappa shape index (κ1) is 18.0. The van der Waals surface area contributed by atoms with Crippen LogP contribution in [0.5, 0.6) is 17.2 Å². The van der Waals surface area contributed by atoms with Gasteiger partial charge in [0.05, 0.1) is 17.4 Å². The fourth-order valence-electron chi connectivity index (χ4n) is 3.14. The number of rotatable bonds is 2. The third kappa shape index (κ3) is 3.28. The lowest BCUT2D eigenvalue weighted by Crippen LogP contribution is -2.17. The number of ether oxygens (including phenoxy) is 2. The van der Waals surface area contributed by atoms with E-state index in [2.05, 4.69) is 20.1 Å². The molecular formula is C20H11F3N4O3. The van der Waals surface area contributed by atoms with E-state index >= 15 is 0 Å². The first-order chi connectivity index (χ1) is 14.4. The molecule has 0 aliphatic carbocycles. The first-order valence-corrected chi connectivity index (χ1v) is 8.68. The van der Waals surface area contributed by atoms with Crippen molar-refractivity contribution in [1.29, 1.82) is 0 Å². The highest BCUT2D eigenvalue weighted by Crippen LogP contribution is 2.39. The van der Waals surface area contributed by atoms with E-state index in [1.54, 1.807) is 47.4 Å². The number of fused-ring (bicyclic) bond motifs is 3. The number of hydrogen-bond acceptors (Lipinski definition) is 5. The summed E-state index contributed by atoms with van der Waals surface area (Å²) in [6.07, 6.45) is 0.211. The van der Waals surface area contributed by atoms with E-state index in [0.29, 0.717) is 11.2 Å². The Morgan fingerprint density at radius 2 is 1.87 bits per heavy atom. The van der Waals surface area contributed by atoms with Gasteiger partial charge in [0.2, 0.25) is 0 Å². The van der Waals surface area contributed by atoms with Crippen LogP contribution in [0, 0.1) is 0 Å². The number of halogens is 3. The zero-order chi connectivity index (χ0) is 20.9. The molecule has 0 fully saturated rings. The van der Waals surface area contributed by atoms with Gasteiger partial charge in [0, 0.05) is 30.1 Å². The molecule has 0 spiro atoms. The van der Waals surface area contributed by atoms with Crippen molar-refractivity contribution in [1.82, 2.24) is 14.6 Å². The number of hydrogen-bond donors (Lipinski definition) is 1. The lowest BCUT2D eigenvalue weighted by molar-refractivity contribution is -0.274. The maximum atomic E-state index is 12.7. The minimum atomic E-state index is -4.84. The van der Waals surface area contributed by atoms with Crippen LogP contribution >= 0.6 is 0 Å². The van der Waals surface area contributed by atoms with Crippen LogP contribution in [-0.2, 0) is 0 Å². The maximum Gasteiger partial charge on any atom is 0.573 e. The van der Waals surface area contributed by atoms with Crippen molar-refractivity contribution in [2.45, 2.75) is 6.36 Å². The molecular weight excluding hydrogens is 401 g/mol. The quantitative estimate of drug-likeness (QED) is 0.519. The predicted molar refractivity (Wildman–Crippen MR) is 99.6 cm³/mol. The molecule has 1 aliphatic heterocycles. The molecule has 0 atom stereocenters. The van der Waals surface area contributed by atoms with Gasteiger partial charge < -0.3 is 14.8 Å². The Bertz CT molecular complexity index is 1300. The molecule has 1 aliphatic rings. The molecule has 3 heterocycles. The number of alkyl halides is 3. The van der Waals surface area contributed by atoms with Crippen molar-refractivity contribution in [3.63, 3.8) is 0 Å². The summed E-state index contributed by atoms with van der Waals surface area (Å²) in [5, 5.41) is 6.71. The Hall–Kier alpha value is -4.08. The smallest absolute Gasteiger partial charge is 0.454 e. The number of anilines is 1. The van der Waals surface area contributed by atoms with Gasteiger partial charge in [-0.05, 0) is 29.8 Å². The van der Waals surface area contributed by atoms with Gasteiger partial charge in [0.1, 0.15) is 11.5 Å². The minimum absolute atomic E-state index is 0.0686. The van der Waals surface area contributed by atoms with Crippen LogP contribution in [0.25, 0.3) is 16.8 Å². The molecule has 7 nitrogen and oxygen atoms in total. The third-order valence-corrected chi connectivity index (χ3v) is 4.46. The Kier molecular flexibility index (Phi) is 3.88. The monoisotopic (exact) mass is 412 g/mol. The lowest BCUT2D eigenvalue weighted by Gasteiger charge is -2.12. The molecule has 2 aromatic heterocycles. The summed E-state index contributed by atoms with van der Waals surface area (Å²) in [5.74, 6) is -0.519. The number of carbonyl (C=O) groups is 1. The summed E-state index contributed by atoms with van der Waals surface area (Å²) in [4.78, 5) is 17.0. The summed E-state index contributed by atoms with van der Waals surface area (Å²) in [7, 11) is 0. The molecule has 2 aromatic carbocycles. The Balaban J connectivity index is 1.50. The highest BCUT2D eigenvalue weighted by Gasteiger charge is 2.32. The summed E-state index contributed by atoms with van der Waals surface area (Å²) in [6, 6.07) is 10.2. The maximum absolute atomic E-state index is 12.7. The topological polar surface area (TPSA) is 77.8 Å². The van der Waals surface area contributed by atoms with Gasteiger partial charge in [-0.15, -0.1) is 13.2 Å². The van der Waals surface area contributed by atoms with E-state index in [4.69, 9.17) is 4.74 Å². The molecule has 5 rings (SSSR count). The molecule has 10 heteroatoms. The molecule has 4 aromatic rings. The summed E-state index contributed by atoms with van der Waals surface area (Å²) in [5.41, 5.74) is 2.40. The Morgan fingerprint density at radius 1 is 1.03 bits per heavy atom. The van der Waals surface area contributed by atoms with Crippen LogP contribution in [0.15, 0.2) is 61.1 Å². The van der Waals surface area contributed by atoms with Crippen molar-refractivity contribution < 1.29 is 27.4 Å². The Labute approximate surface area is 166 Å². The van der Waals surface area contributed by atoms with Gasteiger partial charge >= 0.3 is 6.36 Å². The van der Waals surface area contributed by atoms with Gasteiger partial charge in [-0.1, -0.05) is 6.07 Å². The van der Waals surface area contributed by atoms with Crippen molar-refractivity contribution in [2.75, 3.05) is 5.32 Å². The van der Waals surface area contributed by atoms with Crippen LogP contribution in [-0.4, -0.2) is 26.9 Å². The standard InChI is InChI=1S/C20H11F3N4O3/c21-20(22,23)30-13-2-4-17-15(8-13)26-19(28)14-7-11(1-3-16(14)29-17)12-9-24-18-5-6-25-27(18)10-12/h1-10H,(H,26,28). The van der Waals surface area contributed by atoms with E-state index in [1.807, 2.05) is 0 Å². The summed E-state index contributed by atoms with van der Waals surface area (Å²) < 4.78 is 48.7. The SMILES string of the molecule is O=C1Nc2cc(OC(F)(F)F)ccc2Oc2ccc(-c3cnc4ccnn4c3)cc21. The predicted octanol–water partition coefficient (Wildman–Crippen LogP) is 4.65. The number of nitrogens with zero attached hydrogens (tertiary/aromatic N) is 3. The van der Waals surface area contributed by atoms with Crippen LogP contribution in [0.4, 0.5) is 18.9 Å². The van der Waals surface area contributed by atoms with Gasteiger partial charge in [-0.3, -0.25) is 4.79 Å². The minimum Gasteiger partial charge on any atom is -0.454 e. The van der Waals surface area contributed by atoms with Gasteiger partial charge in [-0.25, -0.2) is 9.50 Å². The molecule has 0 bridgehead atoms. The van der Waals surface area contributed by atoms with E-state index in [-0.39, 0.29) is 22.7 Å². The molecule has 150 valence electrons. The number of amides is 1. The second kappa shape index (κ2) is 6.48. The van der Waals surface area contributed by atoms with Crippen molar-refractivity contribution >= 4 is 17.2 Å². The van der Waals surface area contributed by atoms with E-state index in [9.17, 15) is 18.0 Å². The molecule has 0 saturated carbocycles. The average molecular weight is 412 g/mol. The van der Waals surface area contributed by atoms with E-state index in [0.717, 1.165) is 17.7 Å². The molecule has 30 heavy (non-hydrogen) atoms. The first-order valence-electron chi connectivity index (χ1n) is 8.68. The zero-order valence-corrected chi connectivity index (χ0v) is 15.0. The van der Waals surface area contributed by atoms with Gasteiger partial charge in [-0.2, -0.15) is 5.10 Å². The zero-order valence-electron chi connectivity index (χ0n) is 15.0. The largest absolute Gasteiger partial charge is 0.573 e. The number of benzene rings is 2. The molecule has 1 N–H and O–H groups in total. The third-order valence-electron chi connectivity index (χ3n) is 4.46. The summed E-state index contributed by atoms with van der Waals surface area (Å²) in [6.45, 7) is 0. The lowest BCUT2D eigenvalue weighted by atomic mass is 10.0. The van der Waals surface area contributed by atoms with Crippen LogP contribution in [0.3, 0.4) is 0 Å². The number of nitrogens with one attached hydrogen (secondary N) is 1. The van der Waals surface area contributed by atoms with Crippen LogP contribution in [0.2, 0.25) is 0 Å². The van der Waals surface area contributed by atoms with Gasteiger partial charge in [0.15, 0.2) is 11.4 Å². The highest BCUT2D eigenvalue weighted by molar-refractivity contribution is 6.08. The van der Waals surface area contributed by atoms with Crippen LogP contribution < -0.4 is 14.8 Å².